The molecule has 1 N–H and O–H groups in total. The van der Waals surface area contributed by atoms with Crippen molar-refractivity contribution >= 4 is 55.2 Å². The van der Waals surface area contributed by atoms with Crippen LogP contribution >= 0.6 is 25.7 Å². The fraction of sp³-hybridized carbons (Fsp3) is 0.0385. The third-order valence-electron chi connectivity index (χ3n) is 4.90. The minimum Gasteiger partial charge on any atom is -0.507 e. The quantitative estimate of drug-likeness (QED) is 0.117. The molecule has 4 aromatic rings. The van der Waals surface area contributed by atoms with Crippen molar-refractivity contribution in [3.63, 3.8) is 0 Å². The normalized spacial score (nSPS) is 13.7. The van der Waals surface area contributed by atoms with E-state index < -0.39 is 7.25 Å². The average molecular weight is 547 g/mol. The monoisotopic (exact) mass is 547 g/mol. The average Bonchev–Trinajstić information content (AvgIpc) is 2.85. The second kappa shape index (κ2) is 13.1. The number of phenolic OH excluding ortho intramolecular Hbond substituents is 1. The summed E-state index contributed by atoms with van der Waals surface area (Å²) < 4.78 is 38.8. The lowest BCUT2D eigenvalue weighted by Crippen LogP contribution is -2.19. The summed E-state index contributed by atoms with van der Waals surface area (Å²) in [6.45, 7) is 0. The Morgan fingerprint density at radius 3 is 1.33 bits per heavy atom. The van der Waals surface area contributed by atoms with Crippen molar-refractivity contribution in [3.8, 4) is 5.75 Å². The second-order valence-corrected chi connectivity index (χ2v) is 13.8. The van der Waals surface area contributed by atoms with Crippen molar-refractivity contribution < 1.29 is 27.2 Å². The molecule has 0 bridgehead atoms. The first-order valence-corrected chi connectivity index (χ1v) is 13.8. The first-order valence-electron chi connectivity index (χ1n) is 10.8. The number of phenols is 1. The lowest BCUT2D eigenvalue weighted by Gasteiger charge is -2.35. The van der Waals surface area contributed by atoms with E-state index in [9.17, 15) is 27.2 Å². The summed E-state index contributed by atoms with van der Waals surface area (Å²) >= 11 is 0. The number of aromatic hydroxyl groups is 1. The zero-order valence-corrected chi connectivity index (χ0v) is 21.9. The molecule has 186 valence electrons. The van der Waals surface area contributed by atoms with Crippen LogP contribution in [0, 0.1) is 0 Å². The van der Waals surface area contributed by atoms with Crippen molar-refractivity contribution in [3.05, 3.63) is 120 Å². The molecule has 0 spiro atoms. The number of halogens is 4. The molecular formula is C26H23BF4O2P3-. The van der Waals surface area contributed by atoms with Gasteiger partial charge < -0.3 is 22.4 Å². The van der Waals surface area contributed by atoms with E-state index in [1.54, 1.807) is 6.07 Å². The number of benzene rings is 4. The molecule has 2 nitrogen and oxygen atoms in total. The van der Waals surface area contributed by atoms with Gasteiger partial charge in [-0.15, -0.1) is 0 Å². The minimum atomic E-state index is -6.00. The molecule has 0 fully saturated rings. The molecule has 3 atom stereocenters. The van der Waals surface area contributed by atoms with Crippen molar-refractivity contribution in [2.45, 2.75) is 4.64 Å². The Balaban J connectivity index is 0.000000658. The van der Waals surface area contributed by atoms with Gasteiger partial charge in [-0.05, 0) is 33.6 Å². The Bertz CT molecular complexity index is 1140. The highest BCUT2D eigenvalue weighted by Gasteiger charge is 2.34. The van der Waals surface area contributed by atoms with E-state index in [1.807, 2.05) is 30.3 Å². The van der Waals surface area contributed by atoms with E-state index in [2.05, 4.69) is 72.8 Å². The molecule has 0 amide bonds. The Morgan fingerprint density at radius 1 is 0.639 bits per heavy atom. The Morgan fingerprint density at radius 2 is 1.00 bits per heavy atom. The molecule has 0 aliphatic rings. The second-order valence-electron chi connectivity index (χ2n) is 7.61. The molecule has 10 heteroatoms. The van der Waals surface area contributed by atoms with Gasteiger partial charge in [0, 0.05) is 0 Å². The SMILES string of the molecule is F[B-](F)(F)F.O=Cc1cc(C(Pc2ccccc2)(Pc2ccccc2)Pc2ccccc2)ccc1O. The van der Waals surface area contributed by atoms with Gasteiger partial charge in [0.05, 0.1) is 10.2 Å². The number of rotatable bonds is 8. The highest BCUT2D eigenvalue weighted by Crippen LogP contribution is 2.64. The number of carbonyl (C=O) groups is 1. The molecule has 4 aromatic carbocycles. The molecule has 0 aliphatic heterocycles. The van der Waals surface area contributed by atoms with Gasteiger partial charge >= 0.3 is 7.25 Å². The lowest BCUT2D eigenvalue weighted by atomic mass is 10.1. The maximum Gasteiger partial charge on any atom is 0.673 e. The van der Waals surface area contributed by atoms with E-state index in [0.29, 0.717) is 31.3 Å². The predicted molar refractivity (Wildman–Crippen MR) is 149 cm³/mol. The van der Waals surface area contributed by atoms with Gasteiger partial charge in [-0.3, -0.25) is 4.79 Å². The molecule has 0 radical (unpaired) electrons. The fourth-order valence-electron chi connectivity index (χ4n) is 3.41. The highest BCUT2D eigenvalue weighted by molar-refractivity contribution is 7.82. The summed E-state index contributed by atoms with van der Waals surface area (Å²) in [7, 11) is -4.45. The zero-order chi connectivity index (χ0) is 26.0. The molecule has 0 aromatic heterocycles. The van der Waals surface area contributed by atoms with E-state index in [0.717, 1.165) is 11.8 Å². The largest absolute Gasteiger partial charge is 0.673 e. The topological polar surface area (TPSA) is 37.3 Å². The molecule has 36 heavy (non-hydrogen) atoms. The third kappa shape index (κ3) is 8.82. The van der Waals surface area contributed by atoms with Crippen molar-refractivity contribution in [1.82, 2.24) is 0 Å². The van der Waals surface area contributed by atoms with Crippen molar-refractivity contribution in [2.24, 2.45) is 0 Å². The summed E-state index contributed by atoms with van der Waals surface area (Å²) in [5.74, 6) is 0.0294. The first-order chi connectivity index (χ1) is 17.2. The van der Waals surface area contributed by atoms with E-state index in [-0.39, 0.29) is 10.4 Å². The van der Waals surface area contributed by atoms with Gasteiger partial charge in [0.2, 0.25) is 0 Å². The third-order valence-corrected chi connectivity index (χ3v) is 11.0. The van der Waals surface area contributed by atoms with Crippen LogP contribution in [0.4, 0.5) is 17.3 Å². The molecule has 0 saturated heterocycles. The standard InChI is InChI=1S/C26H23O2P3.BF4/c27-19-20-18-21(16-17-25(20)28)26(29-22-10-4-1-5-11-22,30-23-12-6-2-7-13-23)31-24-14-8-3-9-15-24;2-1(3,4)5/h1-19,28-31H;/q;-1. The van der Waals surface area contributed by atoms with Crippen LogP contribution in [0.15, 0.2) is 109 Å². The Kier molecular flexibility index (Phi) is 10.2. The number of carbonyl (C=O) groups excluding carboxylic acids is 1. The maximum atomic E-state index is 11.6. The Labute approximate surface area is 213 Å². The number of aldehydes is 1. The van der Waals surface area contributed by atoms with Crippen LogP contribution in [0.3, 0.4) is 0 Å². The van der Waals surface area contributed by atoms with Gasteiger partial charge in [0.1, 0.15) is 5.75 Å². The van der Waals surface area contributed by atoms with Gasteiger partial charge in [0.25, 0.3) is 0 Å². The van der Waals surface area contributed by atoms with Gasteiger partial charge in [-0.25, -0.2) is 0 Å². The lowest BCUT2D eigenvalue weighted by molar-refractivity contribution is 0.112. The van der Waals surface area contributed by atoms with Gasteiger partial charge in [-0.2, -0.15) is 0 Å². The molecule has 0 heterocycles. The van der Waals surface area contributed by atoms with Crippen LogP contribution in [0.5, 0.6) is 5.75 Å². The van der Waals surface area contributed by atoms with Crippen LogP contribution in [0.1, 0.15) is 15.9 Å². The molecule has 4 rings (SSSR count). The van der Waals surface area contributed by atoms with Crippen LogP contribution < -0.4 is 15.9 Å². The summed E-state index contributed by atoms with van der Waals surface area (Å²) in [4.78, 5) is 11.6. The van der Waals surface area contributed by atoms with E-state index >= 15 is 0 Å². The van der Waals surface area contributed by atoms with Crippen LogP contribution in [0.2, 0.25) is 0 Å². The van der Waals surface area contributed by atoms with E-state index in [4.69, 9.17) is 0 Å². The van der Waals surface area contributed by atoms with Crippen LogP contribution in [0.25, 0.3) is 0 Å². The highest BCUT2D eigenvalue weighted by atomic mass is 31.2. The number of hydrogen-bond acceptors (Lipinski definition) is 2. The summed E-state index contributed by atoms with van der Waals surface area (Å²) in [5.41, 5.74) is 1.44. The molecular weight excluding hydrogens is 524 g/mol. The smallest absolute Gasteiger partial charge is 0.507 e. The fourth-order valence-corrected chi connectivity index (χ4v) is 10.0. The van der Waals surface area contributed by atoms with Gasteiger partial charge in [0.15, 0.2) is 6.29 Å². The number of hydrogen-bond donors (Lipinski definition) is 1. The Hall–Kier alpha value is -2.58. The first kappa shape index (κ1) is 28.0. The van der Waals surface area contributed by atoms with Crippen LogP contribution in [-0.2, 0) is 4.64 Å². The summed E-state index contributed by atoms with van der Waals surface area (Å²) in [6, 6.07) is 37.2. The minimum absolute atomic E-state index is 0.0294. The molecule has 0 saturated carbocycles. The molecule has 3 unspecified atom stereocenters. The maximum absolute atomic E-state index is 11.6. The summed E-state index contributed by atoms with van der Waals surface area (Å²) in [6.07, 6.45) is 0.743. The van der Waals surface area contributed by atoms with Crippen molar-refractivity contribution in [2.75, 3.05) is 0 Å². The van der Waals surface area contributed by atoms with E-state index in [1.165, 1.54) is 15.9 Å². The molecule has 0 aliphatic carbocycles. The predicted octanol–water partition coefficient (Wildman–Crippen LogP) is 6.63. The van der Waals surface area contributed by atoms with Gasteiger partial charge in [-0.1, -0.05) is 123 Å². The van der Waals surface area contributed by atoms with Crippen molar-refractivity contribution in [1.29, 1.82) is 0 Å². The zero-order valence-electron chi connectivity index (χ0n) is 18.9. The van der Waals surface area contributed by atoms with Crippen LogP contribution in [-0.4, -0.2) is 18.6 Å². The summed E-state index contributed by atoms with van der Waals surface area (Å²) in [5, 5.41) is 14.0.